The molecule has 1 aromatic rings. The Kier molecular flexibility index (Phi) is 3.88. The summed E-state index contributed by atoms with van der Waals surface area (Å²) >= 11 is 1.77. The zero-order chi connectivity index (χ0) is 12.5. The van der Waals surface area contributed by atoms with Gasteiger partial charge in [0.2, 0.25) is 0 Å². The molecular formula is C13H22N2OS. The lowest BCUT2D eigenvalue weighted by molar-refractivity contribution is -0.0187. The largest absolute Gasteiger partial charge is 0.379 e. The SMILES string of the molecule is Cc1ccsc1C(N)C(C)(C)N1CCOCC1. The molecule has 1 unspecified atom stereocenters. The number of morpholine rings is 1. The zero-order valence-electron chi connectivity index (χ0n) is 10.9. The number of aryl methyl sites for hydroxylation is 1. The third-order valence-corrected chi connectivity index (χ3v) is 4.87. The third-order valence-electron chi connectivity index (χ3n) is 3.77. The van der Waals surface area contributed by atoms with Gasteiger partial charge >= 0.3 is 0 Å². The molecule has 0 aliphatic carbocycles. The van der Waals surface area contributed by atoms with E-state index in [9.17, 15) is 0 Å². The highest BCUT2D eigenvalue weighted by Crippen LogP contribution is 2.34. The van der Waals surface area contributed by atoms with Gasteiger partial charge < -0.3 is 10.5 Å². The van der Waals surface area contributed by atoms with Crippen molar-refractivity contribution in [2.75, 3.05) is 26.3 Å². The van der Waals surface area contributed by atoms with Crippen LogP contribution in [0.4, 0.5) is 0 Å². The van der Waals surface area contributed by atoms with Gasteiger partial charge in [0.15, 0.2) is 0 Å². The summed E-state index contributed by atoms with van der Waals surface area (Å²) in [4.78, 5) is 3.75. The molecule has 2 N–H and O–H groups in total. The lowest BCUT2D eigenvalue weighted by atomic mass is 9.90. The molecule has 4 heteroatoms. The van der Waals surface area contributed by atoms with Crippen LogP contribution in [0.2, 0.25) is 0 Å². The molecule has 1 aliphatic rings. The van der Waals surface area contributed by atoms with E-state index in [1.54, 1.807) is 11.3 Å². The molecule has 96 valence electrons. The molecule has 1 aliphatic heterocycles. The van der Waals surface area contributed by atoms with Gasteiger partial charge in [-0.05, 0) is 37.8 Å². The summed E-state index contributed by atoms with van der Waals surface area (Å²) in [5, 5.41) is 2.12. The number of rotatable bonds is 3. The predicted octanol–water partition coefficient (Wildman–Crippen LogP) is 2.17. The minimum Gasteiger partial charge on any atom is -0.379 e. The van der Waals surface area contributed by atoms with Crippen molar-refractivity contribution in [1.82, 2.24) is 4.90 Å². The molecular weight excluding hydrogens is 232 g/mol. The van der Waals surface area contributed by atoms with E-state index in [1.807, 2.05) is 0 Å². The van der Waals surface area contributed by atoms with Crippen molar-refractivity contribution < 1.29 is 4.74 Å². The maximum Gasteiger partial charge on any atom is 0.0594 e. The number of hydrogen-bond acceptors (Lipinski definition) is 4. The lowest BCUT2D eigenvalue weighted by Gasteiger charge is -2.44. The second-order valence-corrected chi connectivity index (χ2v) is 6.15. The quantitative estimate of drug-likeness (QED) is 0.898. The monoisotopic (exact) mass is 254 g/mol. The van der Waals surface area contributed by atoms with E-state index in [0.717, 1.165) is 26.3 Å². The highest BCUT2D eigenvalue weighted by Gasteiger charge is 2.36. The van der Waals surface area contributed by atoms with Crippen molar-refractivity contribution in [1.29, 1.82) is 0 Å². The molecule has 2 rings (SSSR count). The van der Waals surface area contributed by atoms with Crippen molar-refractivity contribution in [3.05, 3.63) is 21.9 Å². The first kappa shape index (κ1) is 13.0. The Bertz CT molecular complexity index is 369. The first-order valence-corrected chi connectivity index (χ1v) is 7.04. The molecule has 0 aromatic carbocycles. The van der Waals surface area contributed by atoms with Gasteiger partial charge in [0.05, 0.1) is 19.3 Å². The maximum atomic E-state index is 6.48. The summed E-state index contributed by atoms with van der Waals surface area (Å²) in [7, 11) is 0. The first-order valence-electron chi connectivity index (χ1n) is 6.16. The van der Waals surface area contributed by atoms with Crippen LogP contribution in [-0.4, -0.2) is 36.7 Å². The van der Waals surface area contributed by atoms with Gasteiger partial charge in [0.25, 0.3) is 0 Å². The van der Waals surface area contributed by atoms with Gasteiger partial charge in [-0.15, -0.1) is 11.3 Å². The van der Waals surface area contributed by atoms with Crippen LogP contribution in [0.5, 0.6) is 0 Å². The first-order chi connectivity index (χ1) is 8.03. The van der Waals surface area contributed by atoms with E-state index in [1.165, 1.54) is 10.4 Å². The van der Waals surface area contributed by atoms with E-state index < -0.39 is 0 Å². The van der Waals surface area contributed by atoms with Crippen molar-refractivity contribution >= 4 is 11.3 Å². The van der Waals surface area contributed by atoms with E-state index >= 15 is 0 Å². The van der Waals surface area contributed by atoms with Crippen LogP contribution in [0.1, 0.15) is 30.3 Å². The number of hydrogen-bond donors (Lipinski definition) is 1. The van der Waals surface area contributed by atoms with Crippen LogP contribution in [0.3, 0.4) is 0 Å². The summed E-state index contributed by atoms with van der Waals surface area (Å²) in [6.45, 7) is 10.2. The van der Waals surface area contributed by atoms with E-state index in [4.69, 9.17) is 10.5 Å². The zero-order valence-corrected chi connectivity index (χ0v) is 11.7. The van der Waals surface area contributed by atoms with Crippen molar-refractivity contribution in [3.8, 4) is 0 Å². The van der Waals surface area contributed by atoms with Crippen LogP contribution in [-0.2, 0) is 4.74 Å². The summed E-state index contributed by atoms with van der Waals surface area (Å²) in [6.07, 6.45) is 0. The number of nitrogens with two attached hydrogens (primary N) is 1. The smallest absolute Gasteiger partial charge is 0.0594 e. The molecule has 3 nitrogen and oxygen atoms in total. The lowest BCUT2D eigenvalue weighted by Crippen LogP contribution is -2.55. The van der Waals surface area contributed by atoms with Crippen molar-refractivity contribution in [2.24, 2.45) is 5.73 Å². The molecule has 2 heterocycles. The second kappa shape index (κ2) is 5.06. The molecule has 0 radical (unpaired) electrons. The standard InChI is InChI=1S/C13H22N2OS/c1-10-4-9-17-11(10)12(14)13(2,3)15-5-7-16-8-6-15/h4,9,12H,5-8,14H2,1-3H3. The van der Waals surface area contributed by atoms with Gasteiger partial charge in [-0.25, -0.2) is 0 Å². The summed E-state index contributed by atoms with van der Waals surface area (Å²) < 4.78 is 5.41. The fourth-order valence-electron chi connectivity index (χ4n) is 2.36. The molecule has 0 spiro atoms. The van der Waals surface area contributed by atoms with Crippen molar-refractivity contribution in [2.45, 2.75) is 32.4 Å². The number of ether oxygens (including phenoxy) is 1. The van der Waals surface area contributed by atoms with E-state index in [-0.39, 0.29) is 11.6 Å². The van der Waals surface area contributed by atoms with E-state index in [2.05, 4.69) is 37.1 Å². The minimum absolute atomic E-state index is 0.0145. The molecule has 1 saturated heterocycles. The Balaban J connectivity index is 2.16. The Hall–Kier alpha value is -0.420. The van der Waals surface area contributed by atoms with Gasteiger partial charge in [-0.3, -0.25) is 4.90 Å². The van der Waals surface area contributed by atoms with Gasteiger partial charge in [0, 0.05) is 23.5 Å². The highest BCUT2D eigenvalue weighted by atomic mass is 32.1. The van der Waals surface area contributed by atoms with Crippen LogP contribution in [0.15, 0.2) is 11.4 Å². The van der Waals surface area contributed by atoms with Crippen LogP contribution in [0.25, 0.3) is 0 Å². The van der Waals surface area contributed by atoms with Crippen LogP contribution >= 0.6 is 11.3 Å². The average Bonchev–Trinajstić information content (AvgIpc) is 2.75. The molecule has 0 saturated carbocycles. The fourth-order valence-corrected chi connectivity index (χ4v) is 3.47. The summed E-state index contributed by atoms with van der Waals surface area (Å²) in [6, 6.07) is 2.22. The number of thiophene rings is 1. The molecule has 1 atom stereocenters. The summed E-state index contributed by atoms with van der Waals surface area (Å²) in [5.41, 5.74) is 7.77. The molecule has 17 heavy (non-hydrogen) atoms. The van der Waals surface area contributed by atoms with Crippen LogP contribution in [0, 0.1) is 6.92 Å². The normalized spacial score (nSPS) is 20.5. The third kappa shape index (κ3) is 2.55. The second-order valence-electron chi connectivity index (χ2n) is 5.20. The average molecular weight is 254 g/mol. The van der Waals surface area contributed by atoms with E-state index in [0.29, 0.717) is 0 Å². The Morgan fingerprint density at radius 3 is 2.59 bits per heavy atom. The number of nitrogens with zero attached hydrogens (tertiary/aromatic N) is 1. The maximum absolute atomic E-state index is 6.48. The van der Waals surface area contributed by atoms with Crippen LogP contribution < -0.4 is 5.73 Å². The topological polar surface area (TPSA) is 38.5 Å². The minimum atomic E-state index is -0.0145. The molecule has 0 amide bonds. The Labute approximate surface area is 108 Å². The van der Waals surface area contributed by atoms with Gasteiger partial charge in [0.1, 0.15) is 0 Å². The van der Waals surface area contributed by atoms with Gasteiger partial charge in [-0.2, -0.15) is 0 Å². The predicted molar refractivity (Wildman–Crippen MR) is 72.5 cm³/mol. The van der Waals surface area contributed by atoms with Gasteiger partial charge in [-0.1, -0.05) is 0 Å². The van der Waals surface area contributed by atoms with Crippen molar-refractivity contribution in [3.63, 3.8) is 0 Å². The Morgan fingerprint density at radius 2 is 2.06 bits per heavy atom. The summed E-state index contributed by atoms with van der Waals surface area (Å²) in [5.74, 6) is 0. The fraction of sp³-hybridized carbons (Fsp3) is 0.692. The molecule has 0 bridgehead atoms. The Morgan fingerprint density at radius 1 is 1.41 bits per heavy atom. The highest BCUT2D eigenvalue weighted by molar-refractivity contribution is 7.10. The molecule has 1 fully saturated rings. The molecule has 1 aromatic heterocycles.